The summed E-state index contributed by atoms with van der Waals surface area (Å²) in [5.41, 5.74) is 1.97. The van der Waals surface area contributed by atoms with Gasteiger partial charge in [0.1, 0.15) is 48.2 Å². The summed E-state index contributed by atoms with van der Waals surface area (Å²) < 4.78 is 78.0. The summed E-state index contributed by atoms with van der Waals surface area (Å²) in [6, 6.07) is 13.0. The number of alkyl halides is 3. The zero-order valence-corrected chi connectivity index (χ0v) is 32.8. The molecule has 0 amide bonds. The Kier molecular flexibility index (Phi) is 12.3. The molecule has 1 fully saturated rings. The number of rotatable bonds is 15. The van der Waals surface area contributed by atoms with Crippen LogP contribution in [-0.4, -0.2) is 107 Å². The van der Waals surface area contributed by atoms with Crippen molar-refractivity contribution in [1.29, 1.82) is 0 Å². The molecule has 0 spiro atoms. The number of halogens is 5. The van der Waals surface area contributed by atoms with E-state index in [9.17, 15) is 27.5 Å². The predicted molar refractivity (Wildman–Crippen MR) is 209 cm³/mol. The van der Waals surface area contributed by atoms with E-state index in [-0.39, 0.29) is 35.3 Å². The van der Waals surface area contributed by atoms with Crippen molar-refractivity contribution >= 4 is 47.0 Å². The van der Waals surface area contributed by atoms with Crippen LogP contribution in [0, 0.1) is 12.9 Å². The number of hydrogen-bond acceptors (Lipinski definition) is 11. The first kappa shape index (κ1) is 41.0. The minimum atomic E-state index is -4.51. The van der Waals surface area contributed by atoms with E-state index in [4.69, 9.17) is 38.1 Å². The second-order valence-electron chi connectivity index (χ2n) is 13.6. The number of nitrogens with zero attached hydrogens (tertiary/aromatic N) is 6. The average molecular weight is 839 g/mol. The second kappa shape index (κ2) is 17.4. The van der Waals surface area contributed by atoms with Crippen LogP contribution in [0.25, 0.3) is 32.0 Å². The van der Waals surface area contributed by atoms with Crippen LogP contribution >= 0.6 is 22.9 Å². The summed E-state index contributed by atoms with van der Waals surface area (Å²) >= 11 is 8.10. The van der Waals surface area contributed by atoms with Gasteiger partial charge in [-0.3, -0.25) is 9.58 Å². The Hall–Kier alpha value is -5.17. The second-order valence-corrected chi connectivity index (χ2v) is 15.0. The topological polar surface area (TPSA) is 128 Å². The van der Waals surface area contributed by atoms with Gasteiger partial charge in [0, 0.05) is 50.6 Å². The molecule has 6 aromatic rings. The number of para-hydroxylation sites is 1. The molecule has 1 aliphatic rings. The van der Waals surface area contributed by atoms with E-state index in [2.05, 4.69) is 31.9 Å². The van der Waals surface area contributed by atoms with Crippen molar-refractivity contribution in [3.05, 3.63) is 95.0 Å². The standard InChI is InChI=1S/C39H36BClF4N6O6S/c1-22-24(7-8-27(33(22)41)54-18-17-50-15-13-49(2)14-16-50)30-31-36(46-21-47-37(31)58-35(30)28-9-10-29(42)56-28)57-34(38(52)53)32(40)25-5-3-4-6-26(25)55-19-23-11-12-48-51(23)20-39(43,44)45/h3-12,21,32,34H,13-20H2,1-2H3,(H,52,53)/t32-,34+/m0/s1. The molecule has 7 rings (SSSR count). The number of carboxylic acid groups (broad SMARTS) is 1. The van der Waals surface area contributed by atoms with Gasteiger partial charge in [0.05, 0.1) is 28.8 Å². The van der Waals surface area contributed by atoms with Crippen molar-refractivity contribution in [2.75, 3.05) is 46.4 Å². The van der Waals surface area contributed by atoms with Crippen LogP contribution in [0.2, 0.25) is 5.02 Å². The maximum atomic E-state index is 14.3. The Morgan fingerprint density at radius 2 is 1.83 bits per heavy atom. The third-order valence-corrected chi connectivity index (χ3v) is 11.3. The third-order valence-electron chi connectivity index (χ3n) is 9.73. The molecule has 58 heavy (non-hydrogen) atoms. The van der Waals surface area contributed by atoms with Gasteiger partial charge in [-0.1, -0.05) is 35.9 Å². The maximum Gasteiger partial charge on any atom is 0.408 e. The summed E-state index contributed by atoms with van der Waals surface area (Å²) in [7, 11) is 8.70. The number of benzene rings is 2. The van der Waals surface area contributed by atoms with E-state index in [0.29, 0.717) is 49.2 Å². The fourth-order valence-electron chi connectivity index (χ4n) is 6.66. The Bertz CT molecular complexity index is 2400. The lowest BCUT2D eigenvalue weighted by Crippen LogP contribution is -2.45. The molecule has 19 heteroatoms. The van der Waals surface area contributed by atoms with Crippen LogP contribution in [0.15, 0.2) is 71.5 Å². The molecule has 0 saturated carbocycles. The minimum Gasteiger partial charge on any atom is -0.491 e. The minimum absolute atomic E-state index is 0.118. The first-order chi connectivity index (χ1) is 27.8. The highest BCUT2D eigenvalue weighted by molar-refractivity contribution is 7.22. The number of carboxylic acids is 1. The molecule has 5 heterocycles. The molecule has 1 aliphatic heterocycles. The first-order valence-electron chi connectivity index (χ1n) is 18.1. The Balaban J connectivity index is 1.21. The van der Waals surface area contributed by atoms with Crippen molar-refractivity contribution in [3.63, 3.8) is 0 Å². The van der Waals surface area contributed by atoms with Gasteiger partial charge in [-0.05, 0) is 60.7 Å². The molecule has 2 radical (unpaired) electrons. The number of hydrogen-bond donors (Lipinski definition) is 1. The number of likely N-dealkylation sites (N-methyl/N-ethyl adjacent to an activating group) is 1. The molecule has 302 valence electrons. The quantitative estimate of drug-likeness (QED) is 0.0820. The highest BCUT2D eigenvalue weighted by Crippen LogP contribution is 2.50. The third kappa shape index (κ3) is 9.09. The highest BCUT2D eigenvalue weighted by Gasteiger charge is 2.33. The number of ether oxygens (including phenoxy) is 3. The van der Waals surface area contributed by atoms with Crippen LogP contribution < -0.4 is 14.2 Å². The lowest BCUT2D eigenvalue weighted by molar-refractivity contribution is -0.145. The van der Waals surface area contributed by atoms with Crippen LogP contribution in [-0.2, 0) is 17.9 Å². The molecule has 0 aliphatic carbocycles. The van der Waals surface area contributed by atoms with E-state index < -0.39 is 36.6 Å². The van der Waals surface area contributed by atoms with Crippen LogP contribution in [0.4, 0.5) is 17.6 Å². The lowest BCUT2D eigenvalue weighted by Gasteiger charge is -2.32. The van der Waals surface area contributed by atoms with Gasteiger partial charge in [0.15, 0.2) is 6.10 Å². The monoisotopic (exact) mass is 838 g/mol. The summed E-state index contributed by atoms with van der Waals surface area (Å²) in [5, 5.41) is 14.9. The number of aliphatic carboxylic acids is 1. The van der Waals surface area contributed by atoms with Crippen molar-refractivity contribution in [2.45, 2.75) is 38.2 Å². The molecule has 4 aromatic heterocycles. The molecule has 1 saturated heterocycles. The van der Waals surface area contributed by atoms with E-state index in [1.54, 1.807) is 31.2 Å². The number of carbonyl (C=O) groups is 1. The first-order valence-corrected chi connectivity index (χ1v) is 19.3. The number of thiophene rings is 1. The fraction of sp³-hybridized carbons (Fsp3) is 0.333. The number of aromatic nitrogens is 4. The summed E-state index contributed by atoms with van der Waals surface area (Å²) in [4.78, 5) is 27.1. The van der Waals surface area contributed by atoms with Crippen LogP contribution in [0.5, 0.6) is 17.4 Å². The summed E-state index contributed by atoms with van der Waals surface area (Å²) in [6.45, 7) is 5.14. The van der Waals surface area contributed by atoms with Gasteiger partial charge in [-0.15, -0.1) is 11.3 Å². The van der Waals surface area contributed by atoms with Gasteiger partial charge >= 0.3 is 12.1 Å². The van der Waals surface area contributed by atoms with Crippen LogP contribution in [0.3, 0.4) is 0 Å². The Labute approximate surface area is 340 Å². The number of piperazine rings is 1. The van der Waals surface area contributed by atoms with E-state index in [1.165, 1.54) is 42.9 Å². The van der Waals surface area contributed by atoms with E-state index in [1.807, 2.05) is 0 Å². The van der Waals surface area contributed by atoms with E-state index in [0.717, 1.165) is 48.7 Å². The molecule has 2 aromatic carbocycles. The van der Waals surface area contributed by atoms with Gasteiger partial charge in [0.25, 0.3) is 6.01 Å². The molecule has 2 atom stereocenters. The molecular weight excluding hydrogens is 803 g/mol. The van der Waals surface area contributed by atoms with Crippen molar-refractivity contribution in [1.82, 2.24) is 29.5 Å². The van der Waals surface area contributed by atoms with Gasteiger partial charge in [-0.25, -0.2) is 14.8 Å². The van der Waals surface area contributed by atoms with Crippen molar-refractivity contribution in [2.24, 2.45) is 0 Å². The van der Waals surface area contributed by atoms with Gasteiger partial charge < -0.3 is 28.6 Å². The molecular formula is C39H36BClF4N6O6S. The average Bonchev–Trinajstić information content (AvgIpc) is 3.93. The number of furan rings is 1. The zero-order valence-electron chi connectivity index (χ0n) is 31.2. The molecule has 12 nitrogen and oxygen atoms in total. The predicted octanol–water partition coefficient (Wildman–Crippen LogP) is 7.43. The SMILES string of the molecule is [B][C@@H](c1ccccc1OCc1ccnn1CC(F)(F)F)[C@@H](Oc1ncnc2sc(-c3ccc(F)o3)c(-c3ccc(OCCN4CCN(C)CC4)c(Cl)c3C)c12)C(=O)O. The Morgan fingerprint density at radius 1 is 1.05 bits per heavy atom. The highest BCUT2D eigenvalue weighted by atomic mass is 35.5. The Morgan fingerprint density at radius 3 is 2.55 bits per heavy atom. The van der Waals surface area contributed by atoms with Gasteiger partial charge in [0.2, 0.25) is 5.88 Å². The van der Waals surface area contributed by atoms with Crippen molar-refractivity contribution < 1.29 is 46.1 Å². The van der Waals surface area contributed by atoms with E-state index >= 15 is 0 Å². The normalized spacial score (nSPS) is 15.1. The zero-order chi connectivity index (χ0) is 41.1. The smallest absolute Gasteiger partial charge is 0.408 e. The number of fused-ring (bicyclic) bond motifs is 1. The molecule has 0 bridgehead atoms. The molecule has 1 N–H and O–H groups in total. The van der Waals surface area contributed by atoms with Gasteiger partial charge in [-0.2, -0.15) is 22.7 Å². The van der Waals surface area contributed by atoms with Crippen LogP contribution in [0.1, 0.15) is 22.6 Å². The summed E-state index contributed by atoms with van der Waals surface area (Å²) in [6.07, 6.45) is -3.85. The lowest BCUT2D eigenvalue weighted by atomic mass is 9.76. The van der Waals surface area contributed by atoms with Crippen molar-refractivity contribution in [3.8, 4) is 39.1 Å². The molecule has 0 unspecified atom stereocenters. The fourth-order valence-corrected chi connectivity index (χ4v) is 7.98. The summed E-state index contributed by atoms with van der Waals surface area (Å²) in [5.74, 6) is -2.20. The largest absolute Gasteiger partial charge is 0.491 e. The maximum absolute atomic E-state index is 14.3.